The topological polar surface area (TPSA) is 68.8 Å². The standard InChI is InChI=1S/C15H20ClFN2O4/c1-21-15(20)19-6-8-23-14(12-9-18-5-7-22-12)10-3-2-4-11(16)13(10)17/h2-4,12,14,18H,5-9H2,1H3,(H,19,20)/t12-,14+/m1/s1. The van der Waals surface area contributed by atoms with Gasteiger partial charge in [-0.3, -0.25) is 0 Å². The summed E-state index contributed by atoms with van der Waals surface area (Å²) in [6.45, 7) is 2.23. The van der Waals surface area contributed by atoms with Gasteiger partial charge in [-0.1, -0.05) is 23.7 Å². The fourth-order valence-corrected chi connectivity index (χ4v) is 2.51. The van der Waals surface area contributed by atoms with E-state index in [0.717, 1.165) is 6.54 Å². The number of hydrogen-bond acceptors (Lipinski definition) is 5. The summed E-state index contributed by atoms with van der Waals surface area (Å²) < 4.78 is 30.2. The number of alkyl carbamates (subject to hydrolysis) is 1. The van der Waals surface area contributed by atoms with Gasteiger partial charge in [0.05, 0.1) is 25.3 Å². The van der Waals surface area contributed by atoms with Crippen molar-refractivity contribution in [2.24, 2.45) is 0 Å². The van der Waals surface area contributed by atoms with E-state index in [1.807, 2.05) is 0 Å². The largest absolute Gasteiger partial charge is 0.453 e. The van der Waals surface area contributed by atoms with E-state index in [0.29, 0.717) is 18.7 Å². The molecule has 1 fully saturated rings. The quantitative estimate of drug-likeness (QED) is 0.770. The van der Waals surface area contributed by atoms with Crippen molar-refractivity contribution < 1.29 is 23.4 Å². The van der Waals surface area contributed by atoms with E-state index in [1.54, 1.807) is 12.1 Å². The van der Waals surface area contributed by atoms with Crippen LogP contribution in [0.4, 0.5) is 9.18 Å². The number of ether oxygens (including phenoxy) is 3. The number of morpholine rings is 1. The normalized spacial score (nSPS) is 19.2. The van der Waals surface area contributed by atoms with Gasteiger partial charge in [0, 0.05) is 25.2 Å². The summed E-state index contributed by atoms with van der Waals surface area (Å²) in [4.78, 5) is 11.0. The van der Waals surface area contributed by atoms with E-state index in [9.17, 15) is 9.18 Å². The Bertz CT molecular complexity index is 526. The SMILES string of the molecule is COC(=O)NCCO[C@@H](c1cccc(Cl)c1F)[C@H]1CNCCO1. The Labute approximate surface area is 139 Å². The molecule has 23 heavy (non-hydrogen) atoms. The highest BCUT2D eigenvalue weighted by atomic mass is 35.5. The first-order chi connectivity index (χ1) is 11.1. The highest BCUT2D eigenvalue weighted by Crippen LogP contribution is 2.29. The van der Waals surface area contributed by atoms with Crippen molar-refractivity contribution >= 4 is 17.7 Å². The molecule has 1 aliphatic rings. The number of nitrogens with one attached hydrogen (secondary N) is 2. The van der Waals surface area contributed by atoms with Gasteiger partial charge in [0.25, 0.3) is 0 Å². The van der Waals surface area contributed by atoms with Crippen LogP contribution in [0, 0.1) is 5.82 Å². The van der Waals surface area contributed by atoms with E-state index in [-0.39, 0.29) is 24.3 Å². The molecule has 2 N–H and O–H groups in total. The van der Waals surface area contributed by atoms with Gasteiger partial charge in [-0.15, -0.1) is 0 Å². The van der Waals surface area contributed by atoms with Gasteiger partial charge in [-0.25, -0.2) is 9.18 Å². The number of amides is 1. The Kier molecular flexibility index (Phi) is 7.04. The molecule has 8 heteroatoms. The second kappa shape index (κ2) is 9.02. The molecule has 128 valence electrons. The zero-order chi connectivity index (χ0) is 16.7. The van der Waals surface area contributed by atoms with E-state index >= 15 is 0 Å². The molecule has 2 atom stereocenters. The smallest absolute Gasteiger partial charge is 0.406 e. The van der Waals surface area contributed by atoms with Gasteiger partial charge in [0.2, 0.25) is 0 Å². The van der Waals surface area contributed by atoms with Crippen LogP contribution < -0.4 is 10.6 Å². The Hall–Kier alpha value is -1.41. The lowest BCUT2D eigenvalue weighted by Crippen LogP contribution is -2.43. The number of carbonyl (C=O) groups is 1. The minimum absolute atomic E-state index is 0.0348. The molecule has 2 rings (SSSR count). The lowest BCUT2D eigenvalue weighted by molar-refractivity contribution is -0.0864. The zero-order valence-corrected chi connectivity index (χ0v) is 13.6. The van der Waals surface area contributed by atoms with E-state index in [4.69, 9.17) is 21.1 Å². The molecule has 1 heterocycles. The number of methoxy groups -OCH3 is 1. The minimum atomic E-state index is -0.624. The number of halogens is 2. The maximum absolute atomic E-state index is 14.3. The molecule has 0 aromatic heterocycles. The summed E-state index contributed by atoms with van der Waals surface area (Å²) in [5, 5.41) is 5.73. The molecule has 1 aliphatic heterocycles. The molecular formula is C15H20ClFN2O4. The van der Waals surface area contributed by atoms with Gasteiger partial charge >= 0.3 is 6.09 Å². The van der Waals surface area contributed by atoms with Gasteiger partial charge in [-0.2, -0.15) is 0 Å². The average molecular weight is 347 g/mol. The fraction of sp³-hybridized carbons (Fsp3) is 0.533. The van der Waals surface area contributed by atoms with E-state index < -0.39 is 18.0 Å². The van der Waals surface area contributed by atoms with Crippen LogP contribution in [0.5, 0.6) is 0 Å². The van der Waals surface area contributed by atoms with Crippen molar-refractivity contribution in [2.45, 2.75) is 12.2 Å². The molecule has 6 nitrogen and oxygen atoms in total. The highest BCUT2D eigenvalue weighted by molar-refractivity contribution is 6.30. The Morgan fingerprint density at radius 1 is 1.61 bits per heavy atom. The van der Waals surface area contributed by atoms with Gasteiger partial charge in [0.15, 0.2) is 0 Å². The molecular weight excluding hydrogens is 327 g/mol. The molecule has 1 aromatic rings. The molecule has 0 spiro atoms. The van der Waals surface area contributed by atoms with Crippen molar-refractivity contribution in [1.82, 2.24) is 10.6 Å². The molecule has 0 bridgehead atoms. The van der Waals surface area contributed by atoms with Crippen LogP contribution in [0.1, 0.15) is 11.7 Å². The summed E-state index contributed by atoms with van der Waals surface area (Å²) >= 11 is 5.86. The van der Waals surface area contributed by atoms with Crippen LogP contribution in [0.2, 0.25) is 5.02 Å². The summed E-state index contributed by atoms with van der Waals surface area (Å²) in [6, 6.07) is 4.77. The van der Waals surface area contributed by atoms with Crippen molar-refractivity contribution in [3.63, 3.8) is 0 Å². The van der Waals surface area contributed by atoms with Crippen molar-refractivity contribution in [1.29, 1.82) is 0 Å². The van der Waals surface area contributed by atoms with Crippen LogP contribution in [0.15, 0.2) is 18.2 Å². The Morgan fingerprint density at radius 2 is 2.43 bits per heavy atom. The third kappa shape index (κ3) is 5.04. The molecule has 1 saturated heterocycles. The second-order valence-electron chi connectivity index (χ2n) is 4.97. The van der Waals surface area contributed by atoms with Crippen LogP contribution in [0.3, 0.4) is 0 Å². The molecule has 0 unspecified atom stereocenters. The van der Waals surface area contributed by atoms with Crippen LogP contribution in [0.25, 0.3) is 0 Å². The van der Waals surface area contributed by atoms with Crippen molar-refractivity contribution in [3.8, 4) is 0 Å². The highest BCUT2D eigenvalue weighted by Gasteiger charge is 2.29. The van der Waals surface area contributed by atoms with E-state index in [2.05, 4.69) is 15.4 Å². The van der Waals surface area contributed by atoms with E-state index in [1.165, 1.54) is 13.2 Å². The lowest BCUT2D eigenvalue weighted by atomic mass is 10.0. The summed E-state index contributed by atoms with van der Waals surface area (Å²) in [5.74, 6) is -0.519. The second-order valence-corrected chi connectivity index (χ2v) is 5.37. The summed E-state index contributed by atoms with van der Waals surface area (Å²) in [5.41, 5.74) is 0.337. The molecule has 1 aromatic carbocycles. The Morgan fingerprint density at radius 3 is 3.13 bits per heavy atom. The third-order valence-electron chi connectivity index (χ3n) is 3.44. The Balaban J connectivity index is 2.05. The first-order valence-electron chi connectivity index (χ1n) is 7.33. The number of carbonyl (C=O) groups excluding carboxylic acids is 1. The maximum Gasteiger partial charge on any atom is 0.406 e. The van der Waals surface area contributed by atoms with Gasteiger partial charge < -0.3 is 24.8 Å². The summed E-state index contributed by atoms with van der Waals surface area (Å²) in [7, 11) is 1.28. The number of hydrogen-bond donors (Lipinski definition) is 2. The average Bonchev–Trinajstić information content (AvgIpc) is 2.58. The molecule has 0 aliphatic carbocycles. The monoisotopic (exact) mass is 346 g/mol. The minimum Gasteiger partial charge on any atom is -0.453 e. The van der Waals surface area contributed by atoms with Gasteiger partial charge in [-0.05, 0) is 6.07 Å². The fourth-order valence-electron chi connectivity index (χ4n) is 2.33. The van der Waals surface area contributed by atoms with Gasteiger partial charge in [0.1, 0.15) is 18.0 Å². The zero-order valence-electron chi connectivity index (χ0n) is 12.8. The first-order valence-corrected chi connectivity index (χ1v) is 7.71. The van der Waals surface area contributed by atoms with Crippen LogP contribution in [-0.2, 0) is 14.2 Å². The molecule has 0 saturated carbocycles. The molecule has 0 radical (unpaired) electrons. The number of rotatable bonds is 6. The maximum atomic E-state index is 14.3. The van der Waals surface area contributed by atoms with Crippen molar-refractivity contribution in [2.75, 3.05) is 40.0 Å². The summed E-state index contributed by atoms with van der Waals surface area (Å²) in [6.07, 6.45) is -1.51. The first kappa shape index (κ1) is 17.9. The molecule has 1 amide bonds. The third-order valence-corrected chi connectivity index (χ3v) is 3.73. The van der Waals surface area contributed by atoms with Crippen LogP contribution >= 0.6 is 11.6 Å². The number of benzene rings is 1. The predicted molar refractivity (Wildman–Crippen MR) is 83.1 cm³/mol. The predicted octanol–water partition coefficient (Wildman–Crippen LogP) is 1.88. The van der Waals surface area contributed by atoms with Crippen LogP contribution in [-0.4, -0.2) is 52.2 Å². The lowest BCUT2D eigenvalue weighted by Gasteiger charge is -2.31. The van der Waals surface area contributed by atoms with Crippen molar-refractivity contribution in [3.05, 3.63) is 34.6 Å².